The molecule has 3 rings (SSSR count). The zero-order valence-electron chi connectivity index (χ0n) is 13.7. The molecule has 1 aliphatic heterocycles. The van der Waals surface area contributed by atoms with Crippen molar-refractivity contribution in [1.29, 1.82) is 0 Å². The quantitative estimate of drug-likeness (QED) is 0.898. The summed E-state index contributed by atoms with van der Waals surface area (Å²) >= 11 is 0. The Hall–Kier alpha value is -1.59. The van der Waals surface area contributed by atoms with Gasteiger partial charge in [0.25, 0.3) is 0 Å². The third kappa shape index (κ3) is 3.35. The minimum Gasteiger partial charge on any atom is -0.394 e. The van der Waals surface area contributed by atoms with E-state index in [1.165, 1.54) is 5.56 Å². The van der Waals surface area contributed by atoms with Crippen LogP contribution >= 0.6 is 0 Å². The molecule has 23 heavy (non-hydrogen) atoms. The number of amides is 2. The summed E-state index contributed by atoms with van der Waals surface area (Å²) in [6, 6.07) is 7.78. The molecule has 1 aliphatic carbocycles. The second-order valence-electron chi connectivity index (χ2n) is 6.46. The molecule has 2 N–H and O–H groups in total. The highest BCUT2D eigenvalue weighted by atomic mass is 16.5. The Bertz CT molecular complexity index is 549. The number of nitrogens with zero attached hydrogens (tertiary/aromatic N) is 1. The Morgan fingerprint density at radius 1 is 1.35 bits per heavy atom. The minimum atomic E-state index is -0.260. The van der Waals surface area contributed by atoms with Gasteiger partial charge >= 0.3 is 6.03 Å². The number of urea groups is 1. The van der Waals surface area contributed by atoms with Gasteiger partial charge in [0.1, 0.15) is 0 Å². The Morgan fingerprint density at radius 2 is 2.13 bits per heavy atom. The highest BCUT2D eigenvalue weighted by Crippen LogP contribution is 2.30. The zero-order valence-corrected chi connectivity index (χ0v) is 13.7. The smallest absolute Gasteiger partial charge is 0.318 e. The first-order chi connectivity index (χ1) is 11.2. The number of fused-ring (bicyclic) bond motifs is 1. The lowest BCUT2D eigenvalue weighted by molar-refractivity contribution is 0.0406. The molecule has 5 nitrogen and oxygen atoms in total. The predicted molar refractivity (Wildman–Crippen MR) is 88.3 cm³/mol. The molecule has 1 aromatic carbocycles. The van der Waals surface area contributed by atoms with Crippen LogP contribution in [0.4, 0.5) is 4.79 Å². The largest absolute Gasteiger partial charge is 0.394 e. The number of hydrogen-bond acceptors (Lipinski definition) is 3. The number of aliphatic hydroxyl groups excluding tert-OH is 1. The van der Waals surface area contributed by atoms with Gasteiger partial charge in [-0.1, -0.05) is 37.1 Å². The summed E-state index contributed by atoms with van der Waals surface area (Å²) in [6.07, 6.45) is 5.15. The zero-order chi connectivity index (χ0) is 16.2. The van der Waals surface area contributed by atoms with Gasteiger partial charge in [0.15, 0.2) is 0 Å². The molecule has 0 bridgehead atoms. The summed E-state index contributed by atoms with van der Waals surface area (Å²) in [7, 11) is 1.71. The first-order valence-corrected chi connectivity index (χ1v) is 8.53. The van der Waals surface area contributed by atoms with Gasteiger partial charge in [-0.2, -0.15) is 0 Å². The topological polar surface area (TPSA) is 61.8 Å². The number of hydrogen-bond donors (Lipinski definition) is 2. The molecule has 2 aliphatic rings. The molecule has 0 aromatic heterocycles. The second kappa shape index (κ2) is 7.32. The summed E-state index contributed by atoms with van der Waals surface area (Å²) in [6.45, 7) is 0.585. The predicted octanol–water partition coefficient (Wildman–Crippen LogP) is 2.25. The molecule has 1 fully saturated rings. The molecule has 5 heteroatoms. The van der Waals surface area contributed by atoms with Gasteiger partial charge in [0.2, 0.25) is 0 Å². The number of benzene rings is 1. The maximum Gasteiger partial charge on any atom is 0.318 e. The molecule has 1 aromatic rings. The van der Waals surface area contributed by atoms with Crippen molar-refractivity contribution < 1.29 is 14.6 Å². The van der Waals surface area contributed by atoms with Crippen LogP contribution in [0.5, 0.6) is 0 Å². The maximum absolute atomic E-state index is 12.8. The lowest BCUT2D eigenvalue weighted by Gasteiger charge is -2.39. The standard InChI is InChI=1S/C18H26N2O3/c1-23-17-9-5-4-8-15(17)19-18(22)20-11-10-13-6-2-3-7-14(13)16(20)12-21/h2-3,6-7,15-17,21H,4-5,8-12H2,1H3,(H,19,22). The van der Waals surface area contributed by atoms with Gasteiger partial charge in [0.05, 0.1) is 24.8 Å². The lowest BCUT2D eigenvalue weighted by atomic mass is 9.91. The van der Waals surface area contributed by atoms with E-state index >= 15 is 0 Å². The van der Waals surface area contributed by atoms with Crippen LogP contribution in [0.1, 0.15) is 42.9 Å². The van der Waals surface area contributed by atoms with Gasteiger partial charge < -0.3 is 20.1 Å². The number of rotatable bonds is 3. The van der Waals surface area contributed by atoms with Gasteiger partial charge in [-0.25, -0.2) is 4.79 Å². The monoisotopic (exact) mass is 318 g/mol. The molecule has 1 saturated carbocycles. The number of aliphatic hydroxyl groups is 1. The van der Waals surface area contributed by atoms with Crippen LogP contribution in [0.2, 0.25) is 0 Å². The number of carbonyl (C=O) groups is 1. The normalized spacial score (nSPS) is 27.4. The third-order valence-corrected chi connectivity index (χ3v) is 5.16. The van der Waals surface area contributed by atoms with Crippen molar-refractivity contribution in [3.05, 3.63) is 35.4 Å². The van der Waals surface area contributed by atoms with Gasteiger partial charge in [-0.15, -0.1) is 0 Å². The van der Waals surface area contributed by atoms with Crippen LogP contribution < -0.4 is 5.32 Å². The Labute approximate surface area is 137 Å². The molecule has 126 valence electrons. The van der Waals surface area contributed by atoms with Crippen LogP contribution in [0.3, 0.4) is 0 Å². The SMILES string of the molecule is COC1CCCCC1NC(=O)N1CCc2ccccc2C1CO. The number of carbonyl (C=O) groups excluding carboxylic acids is 1. The van der Waals surface area contributed by atoms with Crippen LogP contribution in [0.25, 0.3) is 0 Å². The van der Waals surface area contributed by atoms with E-state index in [0.717, 1.165) is 37.7 Å². The molecule has 3 atom stereocenters. The van der Waals surface area contributed by atoms with E-state index < -0.39 is 0 Å². The maximum atomic E-state index is 12.8. The molecular formula is C18H26N2O3. The third-order valence-electron chi connectivity index (χ3n) is 5.16. The summed E-state index contributed by atoms with van der Waals surface area (Å²) in [4.78, 5) is 14.5. The van der Waals surface area contributed by atoms with E-state index in [4.69, 9.17) is 4.74 Å². The van der Waals surface area contributed by atoms with Crippen molar-refractivity contribution in [2.75, 3.05) is 20.3 Å². The van der Waals surface area contributed by atoms with E-state index in [-0.39, 0.29) is 30.8 Å². The first-order valence-electron chi connectivity index (χ1n) is 8.53. The van der Waals surface area contributed by atoms with Crippen LogP contribution in [-0.4, -0.2) is 48.4 Å². The van der Waals surface area contributed by atoms with E-state index in [2.05, 4.69) is 11.4 Å². The molecule has 2 amide bonds. The average Bonchev–Trinajstić information content (AvgIpc) is 2.61. The van der Waals surface area contributed by atoms with Crippen molar-refractivity contribution in [2.24, 2.45) is 0 Å². The first kappa shape index (κ1) is 16.3. The summed E-state index contributed by atoms with van der Waals surface area (Å²) in [5, 5.41) is 13.0. The average molecular weight is 318 g/mol. The van der Waals surface area contributed by atoms with E-state index in [9.17, 15) is 9.90 Å². The fourth-order valence-electron chi connectivity index (χ4n) is 3.88. The molecular weight excluding hydrogens is 292 g/mol. The Balaban J connectivity index is 1.72. The van der Waals surface area contributed by atoms with Crippen LogP contribution in [0, 0.1) is 0 Å². The van der Waals surface area contributed by atoms with Crippen molar-refractivity contribution in [1.82, 2.24) is 10.2 Å². The Morgan fingerprint density at radius 3 is 2.91 bits per heavy atom. The van der Waals surface area contributed by atoms with Crippen LogP contribution in [-0.2, 0) is 11.2 Å². The van der Waals surface area contributed by atoms with Gasteiger partial charge in [0, 0.05) is 13.7 Å². The highest BCUT2D eigenvalue weighted by molar-refractivity contribution is 5.75. The van der Waals surface area contributed by atoms with Crippen molar-refractivity contribution in [3.63, 3.8) is 0 Å². The van der Waals surface area contributed by atoms with E-state index in [0.29, 0.717) is 6.54 Å². The van der Waals surface area contributed by atoms with Gasteiger partial charge in [-0.05, 0) is 30.4 Å². The summed E-state index contributed by atoms with van der Waals surface area (Å²) in [5.41, 5.74) is 2.28. The molecule has 0 saturated heterocycles. The van der Waals surface area contributed by atoms with Crippen molar-refractivity contribution >= 4 is 6.03 Å². The van der Waals surface area contributed by atoms with Crippen molar-refractivity contribution in [2.45, 2.75) is 50.3 Å². The molecule has 1 heterocycles. The minimum absolute atomic E-state index is 0.0528. The molecule has 0 radical (unpaired) electrons. The molecule has 0 spiro atoms. The summed E-state index contributed by atoms with van der Waals surface area (Å²) < 4.78 is 5.52. The number of methoxy groups -OCH3 is 1. The summed E-state index contributed by atoms with van der Waals surface area (Å²) in [5.74, 6) is 0. The Kier molecular flexibility index (Phi) is 5.18. The number of ether oxygens (including phenoxy) is 1. The lowest BCUT2D eigenvalue weighted by Crippen LogP contribution is -2.53. The highest BCUT2D eigenvalue weighted by Gasteiger charge is 2.33. The van der Waals surface area contributed by atoms with Crippen LogP contribution in [0.15, 0.2) is 24.3 Å². The van der Waals surface area contributed by atoms with Crippen molar-refractivity contribution in [3.8, 4) is 0 Å². The number of nitrogens with one attached hydrogen (secondary N) is 1. The fraction of sp³-hybridized carbons (Fsp3) is 0.611. The van der Waals surface area contributed by atoms with E-state index in [1.54, 1.807) is 12.0 Å². The molecule has 3 unspecified atom stereocenters. The fourth-order valence-corrected chi connectivity index (χ4v) is 3.88. The van der Waals surface area contributed by atoms with Gasteiger partial charge in [-0.3, -0.25) is 0 Å². The second-order valence-corrected chi connectivity index (χ2v) is 6.46. The van der Waals surface area contributed by atoms with E-state index in [1.807, 2.05) is 18.2 Å².